The third-order valence-electron chi connectivity index (χ3n) is 5.48. The SMILES string of the molecule is NC(=O)CC(N)C(=O)NC(Cc1ccc(O)cc1)C(=O)NC(Cc1c[nH]c2ccccc12)C(=O)O. The van der Waals surface area contributed by atoms with Gasteiger partial charge in [-0.1, -0.05) is 30.3 Å². The van der Waals surface area contributed by atoms with E-state index in [1.165, 1.54) is 12.1 Å². The van der Waals surface area contributed by atoms with Gasteiger partial charge in [0.2, 0.25) is 17.7 Å². The van der Waals surface area contributed by atoms with Crippen molar-refractivity contribution < 1.29 is 29.4 Å². The van der Waals surface area contributed by atoms with Crippen LogP contribution >= 0.6 is 0 Å². The number of carboxylic acids is 1. The molecule has 0 aliphatic rings. The van der Waals surface area contributed by atoms with Crippen LogP contribution in [-0.4, -0.2) is 57.0 Å². The van der Waals surface area contributed by atoms with Crippen molar-refractivity contribution in [2.75, 3.05) is 0 Å². The highest BCUT2D eigenvalue weighted by Crippen LogP contribution is 2.19. The van der Waals surface area contributed by atoms with Gasteiger partial charge in [-0.25, -0.2) is 4.79 Å². The molecule has 0 saturated carbocycles. The molecule has 0 saturated heterocycles. The smallest absolute Gasteiger partial charge is 0.326 e. The second-order valence-corrected chi connectivity index (χ2v) is 8.17. The maximum Gasteiger partial charge on any atom is 0.326 e. The topological polar surface area (TPSA) is 201 Å². The van der Waals surface area contributed by atoms with Gasteiger partial charge in [0.05, 0.1) is 12.5 Å². The molecule has 3 rings (SSSR count). The van der Waals surface area contributed by atoms with Crippen LogP contribution in [0, 0.1) is 0 Å². The van der Waals surface area contributed by atoms with Crippen LogP contribution < -0.4 is 22.1 Å². The molecule has 0 aliphatic heterocycles. The van der Waals surface area contributed by atoms with Crippen molar-refractivity contribution in [2.45, 2.75) is 37.4 Å². The maximum absolute atomic E-state index is 13.1. The third kappa shape index (κ3) is 6.81. The van der Waals surface area contributed by atoms with E-state index in [9.17, 15) is 29.4 Å². The van der Waals surface area contributed by atoms with Crippen molar-refractivity contribution in [1.29, 1.82) is 0 Å². The summed E-state index contributed by atoms with van der Waals surface area (Å²) in [4.78, 5) is 51.7. The summed E-state index contributed by atoms with van der Waals surface area (Å²) in [5.41, 5.74) is 12.9. The first-order valence-electron chi connectivity index (χ1n) is 10.8. The number of hydrogen-bond donors (Lipinski definition) is 7. The van der Waals surface area contributed by atoms with E-state index in [2.05, 4.69) is 15.6 Å². The summed E-state index contributed by atoms with van der Waals surface area (Å²) in [6, 6.07) is 9.58. The van der Waals surface area contributed by atoms with Gasteiger partial charge < -0.3 is 37.3 Å². The molecule has 184 valence electrons. The highest BCUT2D eigenvalue weighted by molar-refractivity contribution is 5.94. The van der Waals surface area contributed by atoms with Gasteiger partial charge in [-0.3, -0.25) is 14.4 Å². The van der Waals surface area contributed by atoms with Crippen LogP contribution in [0.5, 0.6) is 5.75 Å². The number of rotatable bonds is 11. The highest BCUT2D eigenvalue weighted by Gasteiger charge is 2.29. The molecule has 1 heterocycles. The Balaban J connectivity index is 1.79. The van der Waals surface area contributed by atoms with Crippen LogP contribution in [-0.2, 0) is 32.0 Å². The number of benzene rings is 2. The van der Waals surface area contributed by atoms with Crippen LogP contribution in [0.25, 0.3) is 10.9 Å². The minimum absolute atomic E-state index is 0.00610. The number of aromatic nitrogens is 1. The summed E-state index contributed by atoms with van der Waals surface area (Å²) in [6.07, 6.45) is 1.26. The second kappa shape index (κ2) is 11.2. The van der Waals surface area contributed by atoms with E-state index >= 15 is 0 Å². The number of aromatic hydroxyl groups is 1. The summed E-state index contributed by atoms with van der Waals surface area (Å²) in [6.45, 7) is 0. The van der Waals surface area contributed by atoms with Crippen LogP contribution in [0.4, 0.5) is 0 Å². The Morgan fingerprint density at radius 2 is 1.57 bits per heavy atom. The molecule has 0 radical (unpaired) electrons. The first kappa shape index (κ1) is 25.2. The fourth-order valence-corrected chi connectivity index (χ4v) is 3.66. The number of primary amides is 1. The molecule has 0 bridgehead atoms. The van der Waals surface area contributed by atoms with Gasteiger partial charge in [0.15, 0.2) is 0 Å². The van der Waals surface area contributed by atoms with E-state index in [-0.39, 0.29) is 18.6 Å². The first-order valence-corrected chi connectivity index (χ1v) is 10.8. The Hall–Kier alpha value is -4.38. The number of hydrogen-bond acceptors (Lipinski definition) is 6. The molecule has 11 nitrogen and oxygen atoms in total. The molecular weight excluding hydrogens is 454 g/mol. The zero-order valence-electron chi connectivity index (χ0n) is 18.7. The highest BCUT2D eigenvalue weighted by atomic mass is 16.4. The van der Waals surface area contributed by atoms with Crippen LogP contribution in [0.2, 0.25) is 0 Å². The van der Waals surface area contributed by atoms with Crippen molar-refractivity contribution in [2.24, 2.45) is 11.5 Å². The Bertz CT molecular complexity index is 1220. The molecule has 0 aliphatic carbocycles. The van der Waals surface area contributed by atoms with Crippen LogP contribution in [0.3, 0.4) is 0 Å². The molecule has 0 fully saturated rings. The molecule has 1 aromatic heterocycles. The molecule has 3 amide bonds. The molecular formula is C24H27N5O6. The molecule has 11 heteroatoms. The number of nitrogens with one attached hydrogen (secondary N) is 3. The predicted molar refractivity (Wildman–Crippen MR) is 127 cm³/mol. The molecule has 3 aromatic rings. The summed E-state index contributed by atoms with van der Waals surface area (Å²) in [5, 5.41) is 25.0. The number of carbonyl (C=O) groups excluding carboxylic acids is 3. The molecule has 9 N–H and O–H groups in total. The fraction of sp³-hybridized carbons (Fsp3) is 0.250. The van der Waals surface area contributed by atoms with Crippen molar-refractivity contribution in [3.63, 3.8) is 0 Å². The van der Waals surface area contributed by atoms with Crippen molar-refractivity contribution in [3.8, 4) is 5.75 Å². The molecule has 35 heavy (non-hydrogen) atoms. The molecule has 3 atom stereocenters. The molecule has 2 aromatic carbocycles. The number of fused-ring (bicyclic) bond motifs is 1. The quantitative estimate of drug-likeness (QED) is 0.198. The van der Waals surface area contributed by atoms with E-state index in [1.807, 2.05) is 24.3 Å². The van der Waals surface area contributed by atoms with Crippen LogP contribution in [0.15, 0.2) is 54.7 Å². The number of amides is 3. The Labute approximate surface area is 200 Å². The first-order chi connectivity index (χ1) is 16.6. The fourth-order valence-electron chi connectivity index (χ4n) is 3.66. The van der Waals surface area contributed by atoms with Gasteiger partial charge in [0.1, 0.15) is 17.8 Å². The zero-order valence-corrected chi connectivity index (χ0v) is 18.7. The van der Waals surface area contributed by atoms with Crippen molar-refractivity contribution in [3.05, 3.63) is 65.9 Å². The Kier molecular flexibility index (Phi) is 8.05. The van der Waals surface area contributed by atoms with E-state index < -0.39 is 48.2 Å². The maximum atomic E-state index is 13.1. The third-order valence-corrected chi connectivity index (χ3v) is 5.48. The van der Waals surface area contributed by atoms with E-state index in [0.29, 0.717) is 11.1 Å². The Morgan fingerprint density at radius 1 is 0.914 bits per heavy atom. The normalized spacial score (nSPS) is 13.5. The lowest BCUT2D eigenvalue weighted by atomic mass is 10.0. The van der Waals surface area contributed by atoms with Crippen molar-refractivity contribution >= 4 is 34.6 Å². The number of aliphatic carboxylic acids is 1. The molecule has 3 unspecified atom stereocenters. The van der Waals surface area contributed by atoms with Gasteiger partial charge in [-0.2, -0.15) is 0 Å². The minimum Gasteiger partial charge on any atom is -0.508 e. The lowest BCUT2D eigenvalue weighted by molar-refractivity contribution is -0.142. The van der Waals surface area contributed by atoms with Gasteiger partial charge in [-0.05, 0) is 29.3 Å². The van der Waals surface area contributed by atoms with E-state index in [4.69, 9.17) is 11.5 Å². The predicted octanol–water partition coefficient (Wildman–Crippen LogP) is -0.0844. The van der Waals surface area contributed by atoms with Gasteiger partial charge >= 0.3 is 5.97 Å². The van der Waals surface area contributed by atoms with Crippen molar-refractivity contribution in [1.82, 2.24) is 15.6 Å². The summed E-state index contributed by atoms with van der Waals surface area (Å²) in [5.74, 6) is -3.54. The lowest BCUT2D eigenvalue weighted by Gasteiger charge is -2.23. The lowest BCUT2D eigenvalue weighted by Crippen LogP contribution is -2.56. The largest absolute Gasteiger partial charge is 0.508 e. The average Bonchev–Trinajstić information content (AvgIpc) is 3.21. The number of phenolic OH excluding ortho intramolecular Hbond substituents is 1. The van der Waals surface area contributed by atoms with Gasteiger partial charge in [0, 0.05) is 29.9 Å². The Morgan fingerprint density at radius 3 is 2.23 bits per heavy atom. The van der Waals surface area contributed by atoms with E-state index in [1.54, 1.807) is 18.3 Å². The number of phenols is 1. The number of aromatic amines is 1. The standard InChI is InChI=1S/C24H27N5O6/c25-17(11-21(26)31)22(32)28-19(9-13-5-7-15(30)8-6-13)23(33)29-20(24(34)35)10-14-12-27-18-4-2-1-3-16(14)18/h1-8,12,17,19-20,27,30H,9-11,25H2,(H2,26,31)(H,28,32)(H,29,33)(H,34,35). The summed E-state index contributed by atoms with van der Waals surface area (Å²) >= 11 is 0. The number of carbonyl (C=O) groups is 4. The number of carboxylic acid groups (broad SMARTS) is 1. The second-order valence-electron chi connectivity index (χ2n) is 8.17. The van der Waals surface area contributed by atoms with E-state index in [0.717, 1.165) is 10.9 Å². The van der Waals surface area contributed by atoms with Gasteiger partial charge in [-0.15, -0.1) is 0 Å². The zero-order chi connectivity index (χ0) is 25.5. The monoisotopic (exact) mass is 481 g/mol. The average molecular weight is 482 g/mol. The van der Waals surface area contributed by atoms with Crippen LogP contribution in [0.1, 0.15) is 17.5 Å². The summed E-state index contributed by atoms with van der Waals surface area (Å²) < 4.78 is 0. The number of nitrogens with two attached hydrogens (primary N) is 2. The number of H-pyrrole nitrogens is 1. The molecule has 0 spiro atoms. The van der Waals surface area contributed by atoms with Gasteiger partial charge in [0.25, 0.3) is 0 Å². The minimum atomic E-state index is -1.28. The number of para-hydroxylation sites is 1. The summed E-state index contributed by atoms with van der Waals surface area (Å²) in [7, 11) is 0.